The Morgan fingerprint density at radius 1 is 0.952 bits per heavy atom. The molecule has 2 amide bonds. The monoisotopic (exact) mass is 588 g/mol. The summed E-state index contributed by atoms with van der Waals surface area (Å²) in [6.45, 7) is 1.52. The highest BCUT2D eigenvalue weighted by atomic mass is 16.6. The summed E-state index contributed by atoms with van der Waals surface area (Å²) in [6, 6.07) is 9.41. The maximum absolute atomic E-state index is 13.0. The van der Waals surface area contributed by atoms with E-state index < -0.39 is 71.2 Å². The number of nitrogens with zero attached hydrogens (tertiary/aromatic N) is 3. The molecule has 2 N–H and O–H groups in total. The lowest BCUT2D eigenvalue weighted by Gasteiger charge is -2.50. The Hall–Kier alpha value is -5.12. The fourth-order valence-electron chi connectivity index (χ4n) is 4.50. The van der Waals surface area contributed by atoms with Crippen LogP contribution < -0.4 is 5.32 Å². The molecular formula is C26H28N4O12. The second-order valence-corrected chi connectivity index (χ2v) is 9.23. The molecule has 42 heavy (non-hydrogen) atoms. The quantitative estimate of drug-likeness (QED) is 0.113. The molecule has 2 unspecified atom stereocenters. The van der Waals surface area contributed by atoms with Crippen molar-refractivity contribution in [2.45, 2.75) is 51.8 Å². The summed E-state index contributed by atoms with van der Waals surface area (Å²) in [4.78, 5) is 71.2. The average Bonchev–Trinajstić information content (AvgIpc) is 2.94. The van der Waals surface area contributed by atoms with Gasteiger partial charge >= 0.3 is 18.0 Å². The number of nitro benzene ring substituents is 2. The van der Waals surface area contributed by atoms with E-state index in [0.29, 0.717) is 0 Å². The summed E-state index contributed by atoms with van der Waals surface area (Å²) in [5.41, 5.74) is -0.318. The van der Waals surface area contributed by atoms with Crippen molar-refractivity contribution in [3.8, 4) is 0 Å². The number of aliphatic hydroxyl groups is 1. The van der Waals surface area contributed by atoms with E-state index in [9.17, 15) is 44.5 Å². The topological polar surface area (TPSA) is 218 Å². The van der Waals surface area contributed by atoms with E-state index in [1.165, 1.54) is 56.3 Å². The summed E-state index contributed by atoms with van der Waals surface area (Å²) in [5.74, 6) is -3.55. The number of carbonyl (C=O) groups excluding carboxylic acids is 4. The van der Waals surface area contributed by atoms with E-state index in [-0.39, 0.29) is 35.5 Å². The minimum Gasteiger partial charge on any atom is -0.466 e. The molecule has 16 nitrogen and oxygen atoms in total. The number of rotatable bonds is 13. The summed E-state index contributed by atoms with van der Waals surface area (Å²) >= 11 is 0. The van der Waals surface area contributed by atoms with E-state index in [2.05, 4.69) is 5.32 Å². The number of amides is 2. The molecule has 16 heteroatoms. The first-order valence-electron chi connectivity index (χ1n) is 12.6. The zero-order valence-corrected chi connectivity index (χ0v) is 22.5. The SMILES string of the molecule is CC(=O)OCC[C@@H]1[C@@H](C(C)NC(=O)OCc2ccccc2[N+](=O)[O-])C(=O)N1C(O)C(=O)OCc1ccccc1[N+](=O)[O-]. The van der Waals surface area contributed by atoms with Crippen molar-refractivity contribution in [1.29, 1.82) is 0 Å². The van der Waals surface area contributed by atoms with Crippen LogP contribution in [0.5, 0.6) is 0 Å². The predicted octanol–water partition coefficient (Wildman–Crippen LogP) is 1.96. The lowest BCUT2D eigenvalue weighted by atomic mass is 9.80. The fourth-order valence-corrected chi connectivity index (χ4v) is 4.50. The summed E-state index contributed by atoms with van der Waals surface area (Å²) in [5, 5.41) is 35.4. The van der Waals surface area contributed by atoms with Crippen molar-refractivity contribution in [2.24, 2.45) is 5.92 Å². The fraction of sp³-hybridized carbons (Fsp3) is 0.385. The lowest BCUT2D eigenvalue weighted by Crippen LogP contribution is -2.70. The van der Waals surface area contributed by atoms with Gasteiger partial charge in [0.05, 0.1) is 39.5 Å². The van der Waals surface area contributed by atoms with Crippen molar-refractivity contribution >= 4 is 35.3 Å². The number of hydrogen-bond donors (Lipinski definition) is 2. The normalized spacial score (nSPS) is 17.3. The van der Waals surface area contributed by atoms with E-state index in [1.54, 1.807) is 6.07 Å². The molecule has 1 aliphatic rings. The summed E-state index contributed by atoms with van der Waals surface area (Å²) < 4.78 is 15.0. The molecule has 2 aromatic rings. The number of β-lactam (4-membered cyclic amide) rings is 1. The van der Waals surface area contributed by atoms with Gasteiger partial charge in [-0.25, -0.2) is 9.59 Å². The zero-order valence-electron chi connectivity index (χ0n) is 22.5. The third-order valence-electron chi connectivity index (χ3n) is 6.49. The van der Waals surface area contributed by atoms with Crippen LogP contribution in [0.25, 0.3) is 0 Å². The van der Waals surface area contributed by atoms with Crippen molar-refractivity contribution < 1.29 is 48.3 Å². The Morgan fingerprint density at radius 2 is 1.48 bits per heavy atom. The second-order valence-electron chi connectivity index (χ2n) is 9.23. The molecule has 1 saturated heterocycles. The van der Waals surface area contributed by atoms with Crippen LogP contribution in [0, 0.1) is 26.1 Å². The number of alkyl carbamates (subject to hydrolysis) is 1. The minimum atomic E-state index is -2.09. The van der Waals surface area contributed by atoms with Gasteiger partial charge in [0.15, 0.2) is 0 Å². The van der Waals surface area contributed by atoms with Gasteiger partial charge in [0.2, 0.25) is 12.1 Å². The Balaban J connectivity index is 1.65. The summed E-state index contributed by atoms with van der Waals surface area (Å²) in [6.07, 6.45) is -3.08. The van der Waals surface area contributed by atoms with Crippen LogP contribution >= 0.6 is 0 Å². The maximum Gasteiger partial charge on any atom is 0.407 e. The van der Waals surface area contributed by atoms with E-state index in [4.69, 9.17) is 14.2 Å². The number of para-hydroxylation sites is 2. The van der Waals surface area contributed by atoms with Gasteiger partial charge in [-0.05, 0) is 19.1 Å². The molecule has 1 heterocycles. The molecule has 0 radical (unpaired) electrons. The Bertz CT molecular complexity index is 1370. The Labute approximate surface area is 238 Å². The lowest BCUT2D eigenvalue weighted by molar-refractivity contribution is -0.386. The van der Waals surface area contributed by atoms with Gasteiger partial charge in [-0.3, -0.25) is 29.8 Å². The van der Waals surface area contributed by atoms with Crippen LogP contribution in [-0.4, -0.2) is 68.7 Å². The van der Waals surface area contributed by atoms with Crippen LogP contribution in [0.1, 0.15) is 31.4 Å². The molecule has 1 aliphatic heterocycles. The molecule has 0 saturated carbocycles. The number of benzene rings is 2. The first-order chi connectivity index (χ1) is 19.9. The largest absolute Gasteiger partial charge is 0.466 e. The molecule has 1 fully saturated rings. The molecule has 0 aromatic heterocycles. The van der Waals surface area contributed by atoms with Crippen molar-refractivity contribution in [2.75, 3.05) is 6.61 Å². The third-order valence-corrected chi connectivity index (χ3v) is 6.49. The van der Waals surface area contributed by atoms with Crippen LogP contribution in [0.4, 0.5) is 16.2 Å². The highest BCUT2D eigenvalue weighted by Crippen LogP contribution is 2.34. The number of hydrogen-bond acceptors (Lipinski definition) is 12. The van der Waals surface area contributed by atoms with Crippen LogP contribution in [-0.2, 0) is 41.8 Å². The number of ether oxygens (including phenoxy) is 3. The average molecular weight is 589 g/mol. The number of esters is 2. The van der Waals surface area contributed by atoms with E-state index >= 15 is 0 Å². The van der Waals surface area contributed by atoms with Crippen LogP contribution in [0.15, 0.2) is 48.5 Å². The predicted molar refractivity (Wildman–Crippen MR) is 140 cm³/mol. The molecule has 0 bridgehead atoms. The van der Waals surface area contributed by atoms with Crippen molar-refractivity contribution in [3.05, 3.63) is 79.9 Å². The molecule has 0 spiro atoms. The summed E-state index contributed by atoms with van der Waals surface area (Å²) in [7, 11) is 0. The zero-order chi connectivity index (χ0) is 31.0. The molecule has 2 aromatic carbocycles. The van der Waals surface area contributed by atoms with Gasteiger partial charge in [-0.15, -0.1) is 0 Å². The number of carbonyl (C=O) groups is 4. The molecule has 4 atom stereocenters. The molecular weight excluding hydrogens is 560 g/mol. The van der Waals surface area contributed by atoms with Crippen molar-refractivity contribution in [3.63, 3.8) is 0 Å². The van der Waals surface area contributed by atoms with Gasteiger partial charge in [0.1, 0.15) is 13.2 Å². The van der Waals surface area contributed by atoms with Gasteiger partial charge in [0.25, 0.3) is 11.4 Å². The van der Waals surface area contributed by atoms with E-state index in [1.807, 2.05) is 0 Å². The number of nitrogens with one attached hydrogen (secondary N) is 1. The third kappa shape index (κ3) is 7.54. The number of aliphatic hydroxyl groups excluding tert-OH is 1. The maximum atomic E-state index is 13.0. The minimum absolute atomic E-state index is 0.0121. The highest BCUT2D eigenvalue weighted by Gasteiger charge is 2.54. The van der Waals surface area contributed by atoms with Gasteiger partial charge in [0, 0.05) is 31.5 Å². The van der Waals surface area contributed by atoms with Crippen molar-refractivity contribution in [1.82, 2.24) is 10.2 Å². The van der Waals surface area contributed by atoms with E-state index in [0.717, 1.165) is 4.90 Å². The van der Waals surface area contributed by atoms with Crippen LogP contribution in [0.2, 0.25) is 0 Å². The first kappa shape index (κ1) is 31.4. The standard InChI is InChI=1S/C26H28N4O12/c1-15(27-26(35)42-14-18-8-4-6-10-20(18)30(38)39)22-21(11-12-40-16(2)31)28(23(22)32)24(33)25(34)41-13-17-7-3-5-9-19(17)29(36)37/h3-10,15,21-22,24,33H,11-14H2,1-2H3,(H,27,35)/t15?,21-,22-,24?/m1/s1. The second kappa shape index (κ2) is 14.0. The molecule has 224 valence electrons. The van der Waals surface area contributed by atoms with Gasteiger partial charge in [-0.2, -0.15) is 0 Å². The Morgan fingerprint density at radius 3 is 2.00 bits per heavy atom. The number of nitro groups is 2. The molecule has 3 rings (SSSR count). The van der Waals surface area contributed by atoms with Crippen LogP contribution in [0.3, 0.4) is 0 Å². The first-order valence-corrected chi connectivity index (χ1v) is 12.6. The highest BCUT2D eigenvalue weighted by molar-refractivity contribution is 5.91. The smallest absolute Gasteiger partial charge is 0.407 e. The Kier molecular flexibility index (Phi) is 10.5. The van der Waals surface area contributed by atoms with Gasteiger partial charge in [-0.1, -0.05) is 24.3 Å². The molecule has 0 aliphatic carbocycles. The van der Waals surface area contributed by atoms with Gasteiger partial charge < -0.3 is 29.5 Å². The number of likely N-dealkylation sites (tertiary alicyclic amines) is 1.